The lowest BCUT2D eigenvalue weighted by Gasteiger charge is -2.35. The molecule has 1 aliphatic rings. The van der Waals surface area contributed by atoms with E-state index in [4.69, 9.17) is 19.8 Å². The van der Waals surface area contributed by atoms with Crippen molar-refractivity contribution >= 4 is 28.6 Å². The van der Waals surface area contributed by atoms with E-state index in [2.05, 4.69) is 47.4 Å². The van der Waals surface area contributed by atoms with E-state index in [1.54, 1.807) is 12.1 Å². The molecular formula is C24H23FN2O5. The van der Waals surface area contributed by atoms with Gasteiger partial charge in [0, 0.05) is 38.3 Å². The Bertz CT molecular complexity index is 1090. The molecule has 0 aromatic heterocycles. The molecule has 166 valence electrons. The minimum atomic E-state index is -1.82. The van der Waals surface area contributed by atoms with Gasteiger partial charge in [-0.2, -0.15) is 0 Å². The van der Waals surface area contributed by atoms with E-state index < -0.39 is 11.9 Å². The van der Waals surface area contributed by atoms with Gasteiger partial charge in [0.25, 0.3) is 5.91 Å². The van der Waals surface area contributed by atoms with Crippen LogP contribution < -0.4 is 0 Å². The zero-order chi connectivity index (χ0) is 23.1. The van der Waals surface area contributed by atoms with Crippen LogP contribution >= 0.6 is 0 Å². The monoisotopic (exact) mass is 438 g/mol. The Morgan fingerprint density at radius 3 is 2.00 bits per heavy atom. The fourth-order valence-corrected chi connectivity index (χ4v) is 3.56. The highest BCUT2D eigenvalue weighted by molar-refractivity contribution is 6.27. The molecular weight excluding hydrogens is 415 g/mol. The first-order valence-corrected chi connectivity index (χ1v) is 10.0. The molecule has 0 saturated carbocycles. The van der Waals surface area contributed by atoms with Crippen LogP contribution in [0.3, 0.4) is 0 Å². The summed E-state index contributed by atoms with van der Waals surface area (Å²) in [5.74, 6) is -3.98. The van der Waals surface area contributed by atoms with E-state index in [0.717, 1.165) is 19.6 Å². The second kappa shape index (κ2) is 10.5. The lowest BCUT2D eigenvalue weighted by Crippen LogP contribution is -2.48. The highest BCUT2D eigenvalue weighted by atomic mass is 19.1. The van der Waals surface area contributed by atoms with Crippen molar-refractivity contribution in [2.75, 3.05) is 26.2 Å². The number of benzene rings is 3. The highest BCUT2D eigenvalue weighted by Crippen LogP contribution is 2.21. The molecule has 2 N–H and O–H groups in total. The second-order valence-electron chi connectivity index (χ2n) is 7.32. The van der Waals surface area contributed by atoms with Gasteiger partial charge in [-0.25, -0.2) is 14.0 Å². The maximum absolute atomic E-state index is 13.0. The van der Waals surface area contributed by atoms with Crippen LogP contribution in [-0.2, 0) is 16.1 Å². The van der Waals surface area contributed by atoms with Crippen LogP contribution in [0.4, 0.5) is 4.39 Å². The van der Waals surface area contributed by atoms with E-state index in [-0.39, 0.29) is 11.7 Å². The number of aliphatic carboxylic acids is 2. The van der Waals surface area contributed by atoms with Crippen LogP contribution in [0.15, 0.2) is 66.7 Å². The molecule has 1 amide bonds. The molecule has 0 spiro atoms. The van der Waals surface area contributed by atoms with E-state index in [1.165, 1.54) is 28.5 Å². The number of carboxylic acid groups (broad SMARTS) is 2. The number of nitrogens with zero attached hydrogens (tertiary/aromatic N) is 2. The standard InChI is InChI=1S/C22H21FN2O.C2H2O4/c23-20-10-8-18(9-11-20)22(26)25-14-12-24(13-15-25)16-19-6-3-5-17-4-1-2-7-21(17)19;3-1(4)2(5)6/h1-11H,12-16H2;(H,3,4)(H,5,6). The number of fused-ring (bicyclic) bond motifs is 1. The molecule has 1 fully saturated rings. The Hall–Kier alpha value is -3.78. The molecule has 0 atom stereocenters. The van der Waals surface area contributed by atoms with Gasteiger partial charge >= 0.3 is 11.9 Å². The van der Waals surface area contributed by atoms with Crippen molar-refractivity contribution in [2.45, 2.75) is 6.54 Å². The average molecular weight is 438 g/mol. The number of carbonyl (C=O) groups is 3. The van der Waals surface area contributed by atoms with E-state index in [9.17, 15) is 9.18 Å². The van der Waals surface area contributed by atoms with Crippen molar-refractivity contribution in [1.82, 2.24) is 9.80 Å². The molecule has 0 aliphatic carbocycles. The van der Waals surface area contributed by atoms with Gasteiger partial charge in [-0.05, 0) is 40.6 Å². The molecule has 3 aromatic carbocycles. The fourth-order valence-electron chi connectivity index (χ4n) is 3.56. The molecule has 0 unspecified atom stereocenters. The Balaban J connectivity index is 0.000000427. The third kappa shape index (κ3) is 5.89. The first-order chi connectivity index (χ1) is 15.3. The summed E-state index contributed by atoms with van der Waals surface area (Å²) in [6.07, 6.45) is 0. The van der Waals surface area contributed by atoms with Crippen LogP contribution in [0.25, 0.3) is 10.8 Å². The van der Waals surface area contributed by atoms with Crippen molar-refractivity contribution in [2.24, 2.45) is 0 Å². The molecule has 7 nitrogen and oxygen atoms in total. The van der Waals surface area contributed by atoms with Gasteiger partial charge in [0.2, 0.25) is 0 Å². The van der Waals surface area contributed by atoms with E-state index in [1.807, 2.05) is 4.90 Å². The van der Waals surface area contributed by atoms with E-state index in [0.29, 0.717) is 18.7 Å². The minimum Gasteiger partial charge on any atom is -0.473 e. The van der Waals surface area contributed by atoms with Crippen LogP contribution in [-0.4, -0.2) is 64.0 Å². The molecule has 4 rings (SSSR count). The fraction of sp³-hybridized carbons (Fsp3) is 0.208. The van der Waals surface area contributed by atoms with Crippen molar-refractivity contribution in [3.8, 4) is 0 Å². The van der Waals surface area contributed by atoms with Crippen molar-refractivity contribution in [3.63, 3.8) is 0 Å². The number of piperazine rings is 1. The normalized spacial score (nSPS) is 13.8. The summed E-state index contributed by atoms with van der Waals surface area (Å²) < 4.78 is 13.0. The summed E-state index contributed by atoms with van der Waals surface area (Å²) >= 11 is 0. The van der Waals surface area contributed by atoms with Gasteiger partial charge in [0.1, 0.15) is 5.82 Å². The SMILES string of the molecule is O=C(O)C(=O)O.O=C(c1ccc(F)cc1)N1CCN(Cc2cccc3ccccc23)CC1. The number of hydrogen-bond donors (Lipinski definition) is 2. The highest BCUT2D eigenvalue weighted by Gasteiger charge is 2.22. The van der Waals surface area contributed by atoms with Gasteiger partial charge in [-0.1, -0.05) is 42.5 Å². The van der Waals surface area contributed by atoms with Crippen LogP contribution in [0.2, 0.25) is 0 Å². The number of carboxylic acids is 2. The lowest BCUT2D eigenvalue weighted by molar-refractivity contribution is -0.159. The molecule has 1 saturated heterocycles. The third-order valence-electron chi connectivity index (χ3n) is 5.21. The van der Waals surface area contributed by atoms with Crippen LogP contribution in [0.1, 0.15) is 15.9 Å². The van der Waals surface area contributed by atoms with E-state index >= 15 is 0 Å². The number of amides is 1. The van der Waals surface area contributed by atoms with Gasteiger partial charge in [-0.3, -0.25) is 9.69 Å². The molecule has 0 bridgehead atoms. The van der Waals surface area contributed by atoms with Crippen LogP contribution in [0.5, 0.6) is 0 Å². The average Bonchev–Trinajstić information content (AvgIpc) is 2.80. The van der Waals surface area contributed by atoms with Gasteiger partial charge in [-0.15, -0.1) is 0 Å². The largest absolute Gasteiger partial charge is 0.473 e. The molecule has 3 aromatic rings. The van der Waals surface area contributed by atoms with Gasteiger partial charge in [0.15, 0.2) is 0 Å². The van der Waals surface area contributed by atoms with Crippen LogP contribution in [0, 0.1) is 5.82 Å². The van der Waals surface area contributed by atoms with Crippen molar-refractivity contribution < 1.29 is 29.0 Å². The van der Waals surface area contributed by atoms with Gasteiger partial charge in [0.05, 0.1) is 0 Å². The lowest BCUT2D eigenvalue weighted by atomic mass is 10.0. The second-order valence-corrected chi connectivity index (χ2v) is 7.32. The van der Waals surface area contributed by atoms with Gasteiger partial charge < -0.3 is 15.1 Å². The Morgan fingerprint density at radius 1 is 0.781 bits per heavy atom. The summed E-state index contributed by atoms with van der Waals surface area (Å²) in [6, 6.07) is 20.6. The van der Waals surface area contributed by atoms with Crippen molar-refractivity contribution in [3.05, 3.63) is 83.7 Å². The summed E-state index contributed by atoms with van der Waals surface area (Å²) in [7, 11) is 0. The Labute approximate surface area is 184 Å². The smallest absolute Gasteiger partial charge is 0.414 e. The molecule has 1 aliphatic heterocycles. The maximum Gasteiger partial charge on any atom is 0.414 e. The summed E-state index contributed by atoms with van der Waals surface area (Å²) in [4.78, 5) is 35.0. The molecule has 32 heavy (non-hydrogen) atoms. The first-order valence-electron chi connectivity index (χ1n) is 10.0. The number of hydrogen-bond acceptors (Lipinski definition) is 4. The number of halogens is 1. The zero-order valence-corrected chi connectivity index (χ0v) is 17.3. The Morgan fingerprint density at radius 2 is 1.38 bits per heavy atom. The Kier molecular flexibility index (Phi) is 7.51. The zero-order valence-electron chi connectivity index (χ0n) is 17.3. The maximum atomic E-state index is 13.0. The van der Waals surface area contributed by atoms with Crippen molar-refractivity contribution in [1.29, 1.82) is 0 Å². The molecule has 8 heteroatoms. The quantitative estimate of drug-likeness (QED) is 0.610. The predicted molar refractivity (Wildman–Crippen MR) is 117 cm³/mol. The third-order valence-corrected chi connectivity index (χ3v) is 5.21. The summed E-state index contributed by atoms with van der Waals surface area (Å²) in [5, 5.41) is 17.3. The topological polar surface area (TPSA) is 98.1 Å². The summed E-state index contributed by atoms with van der Waals surface area (Å²) in [5.41, 5.74) is 1.87. The first kappa shape index (κ1) is 22.9. The minimum absolute atomic E-state index is 0.0187. The molecule has 0 radical (unpaired) electrons. The number of carbonyl (C=O) groups excluding carboxylic acids is 1. The number of rotatable bonds is 3. The molecule has 1 heterocycles. The summed E-state index contributed by atoms with van der Waals surface area (Å²) in [6.45, 7) is 3.97. The predicted octanol–water partition coefficient (Wildman–Crippen LogP) is 3.09.